The molecule has 1 aliphatic rings. The van der Waals surface area contributed by atoms with Gasteiger partial charge in [-0.05, 0) is 31.4 Å². The number of hydrogen-bond acceptors (Lipinski definition) is 4. The zero-order chi connectivity index (χ0) is 11.4. The lowest BCUT2D eigenvalue weighted by atomic mass is 10.0. The van der Waals surface area contributed by atoms with Crippen LogP contribution < -0.4 is 10.6 Å². The number of aliphatic hydroxyl groups excluding tert-OH is 1. The number of anilines is 1. The molecule has 0 aliphatic carbocycles. The van der Waals surface area contributed by atoms with Crippen molar-refractivity contribution in [2.75, 3.05) is 18.1 Å². The van der Waals surface area contributed by atoms with Crippen LogP contribution in [0.1, 0.15) is 25.0 Å². The highest BCUT2D eigenvalue weighted by Gasteiger charge is 2.23. The number of hydrogen-bond donors (Lipinski definition) is 2. The quantitative estimate of drug-likeness (QED) is 0.795. The van der Waals surface area contributed by atoms with Crippen molar-refractivity contribution in [3.05, 3.63) is 24.0 Å². The first-order valence-corrected chi connectivity index (χ1v) is 5.88. The molecular weight excluding hydrogens is 202 g/mol. The van der Waals surface area contributed by atoms with E-state index in [0.717, 1.165) is 24.3 Å². The first kappa shape index (κ1) is 11.4. The molecule has 0 radical (unpaired) electrons. The van der Waals surface area contributed by atoms with Gasteiger partial charge in [-0.1, -0.05) is 0 Å². The van der Waals surface area contributed by atoms with Gasteiger partial charge in [0.25, 0.3) is 0 Å². The molecule has 1 aromatic rings. The Bertz CT molecular complexity index is 343. The van der Waals surface area contributed by atoms with Crippen LogP contribution >= 0.6 is 0 Å². The van der Waals surface area contributed by atoms with Gasteiger partial charge < -0.3 is 15.7 Å². The summed E-state index contributed by atoms with van der Waals surface area (Å²) in [6, 6.07) is 4.20. The van der Waals surface area contributed by atoms with E-state index in [4.69, 9.17) is 5.73 Å². The number of nitrogens with zero attached hydrogens (tertiary/aromatic N) is 2. The summed E-state index contributed by atoms with van der Waals surface area (Å²) in [5, 5.41) is 9.39. The van der Waals surface area contributed by atoms with E-state index in [1.54, 1.807) is 6.20 Å². The van der Waals surface area contributed by atoms with Crippen LogP contribution in [0.3, 0.4) is 0 Å². The molecule has 2 rings (SSSR count). The van der Waals surface area contributed by atoms with Crippen LogP contribution in [0.2, 0.25) is 0 Å². The summed E-state index contributed by atoms with van der Waals surface area (Å²) < 4.78 is 0. The molecular formula is C12H19N3O. The zero-order valence-electron chi connectivity index (χ0n) is 9.47. The minimum Gasteiger partial charge on any atom is -0.394 e. The maximum absolute atomic E-state index is 9.39. The number of piperidine rings is 1. The smallest absolute Gasteiger partial charge is 0.0772 e. The Balaban J connectivity index is 2.26. The van der Waals surface area contributed by atoms with Gasteiger partial charge >= 0.3 is 0 Å². The van der Waals surface area contributed by atoms with Gasteiger partial charge in [0.1, 0.15) is 0 Å². The predicted octanol–water partition coefficient (Wildman–Crippen LogP) is 0.891. The van der Waals surface area contributed by atoms with E-state index < -0.39 is 0 Å². The van der Waals surface area contributed by atoms with Gasteiger partial charge in [0.2, 0.25) is 0 Å². The van der Waals surface area contributed by atoms with Crippen LogP contribution in [0.4, 0.5) is 5.69 Å². The summed E-state index contributed by atoms with van der Waals surface area (Å²) in [5.41, 5.74) is 7.70. The highest BCUT2D eigenvalue weighted by molar-refractivity contribution is 5.51. The molecule has 0 spiro atoms. The van der Waals surface area contributed by atoms with Gasteiger partial charge in [0, 0.05) is 19.3 Å². The predicted molar refractivity (Wildman–Crippen MR) is 64.2 cm³/mol. The van der Waals surface area contributed by atoms with E-state index in [1.165, 1.54) is 12.8 Å². The average molecular weight is 221 g/mol. The molecule has 1 aromatic heterocycles. The molecule has 0 bridgehead atoms. The molecule has 88 valence electrons. The lowest BCUT2D eigenvalue weighted by Gasteiger charge is -2.37. The third kappa shape index (κ3) is 2.18. The van der Waals surface area contributed by atoms with E-state index in [1.807, 2.05) is 12.1 Å². The summed E-state index contributed by atoms with van der Waals surface area (Å²) in [6.07, 6.45) is 5.19. The zero-order valence-corrected chi connectivity index (χ0v) is 9.47. The molecule has 1 aliphatic heterocycles. The summed E-state index contributed by atoms with van der Waals surface area (Å²) in [6.45, 7) is 1.65. The van der Waals surface area contributed by atoms with Crippen molar-refractivity contribution in [1.82, 2.24) is 4.98 Å². The summed E-state index contributed by atoms with van der Waals surface area (Å²) in [5.74, 6) is 0. The molecule has 3 N–H and O–H groups in total. The van der Waals surface area contributed by atoms with Crippen LogP contribution in [-0.4, -0.2) is 29.3 Å². The van der Waals surface area contributed by atoms with Crippen molar-refractivity contribution in [3.8, 4) is 0 Å². The normalized spacial score (nSPS) is 21.1. The molecule has 2 heterocycles. The molecule has 0 aromatic carbocycles. The van der Waals surface area contributed by atoms with Crippen LogP contribution in [0.5, 0.6) is 0 Å². The van der Waals surface area contributed by atoms with Crippen molar-refractivity contribution >= 4 is 5.69 Å². The third-order valence-electron chi connectivity index (χ3n) is 3.21. The Morgan fingerprint density at radius 1 is 1.50 bits per heavy atom. The minimum atomic E-state index is 0.207. The largest absolute Gasteiger partial charge is 0.394 e. The second-order valence-corrected chi connectivity index (χ2v) is 4.20. The lowest BCUT2D eigenvalue weighted by molar-refractivity contribution is 0.240. The molecule has 4 heteroatoms. The van der Waals surface area contributed by atoms with Crippen molar-refractivity contribution in [2.24, 2.45) is 5.73 Å². The Morgan fingerprint density at radius 2 is 2.38 bits per heavy atom. The molecule has 1 saturated heterocycles. The van der Waals surface area contributed by atoms with E-state index in [9.17, 15) is 5.11 Å². The summed E-state index contributed by atoms with van der Waals surface area (Å²) in [4.78, 5) is 6.54. The standard InChI is InChI=1S/C12H19N3O/c13-8-11-12(5-3-6-14-11)15-7-2-1-4-10(15)9-16/h3,5-6,10,16H,1-2,4,7-9,13H2. The minimum absolute atomic E-state index is 0.207. The van der Waals surface area contributed by atoms with Crippen LogP contribution in [0.25, 0.3) is 0 Å². The van der Waals surface area contributed by atoms with Crippen LogP contribution in [0.15, 0.2) is 18.3 Å². The lowest BCUT2D eigenvalue weighted by Crippen LogP contribution is -2.42. The van der Waals surface area contributed by atoms with E-state index in [0.29, 0.717) is 6.54 Å². The maximum Gasteiger partial charge on any atom is 0.0772 e. The highest BCUT2D eigenvalue weighted by Crippen LogP contribution is 2.26. The average Bonchev–Trinajstić information content (AvgIpc) is 2.38. The van der Waals surface area contributed by atoms with E-state index in [2.05, 4.69) is 9.88 Å². The molecule has 1 unspecified atom stereocenters. The Morgan fingerprint density at radius 3 is 3.12 bits per heavy atom. The molecule has 16 heavy (non-hydrogen) atoms. The van der Waals surface area contributed by atoms with Crippen LogP contribution in [0, 0.1) is 0 Å². The Kier molecular flexibility index (Phi) is 3.74. The second-order valence-electron chi connectivity index (χ2n) is 4.20. The fourth-order valence-corrected chi connectivity index (χ4v) is 2.36. The van der Waals surface area contributed by atoms with Gasteiger partial charge in [-0.15, -0.1) is 0 Å². The molecule has 4 nitrogen and oxygen atoms in total. The van der Waals surface area contributed by atoms with E-state index in [-0.39, 0.29) is 12.6 Å². The van der Waals surface area contributed by atoms with Crippen LogP contribution in [-0.2, 0) is 6.54 Å². The molecule has 0 amide bonds. The number of rotatable bonds is 3. The second kappa shape index (κ2) is 5.27. The van der Waals surface area contributed by atoms with Crippen molar-refractivity contribution in [3.63, 3.8) is 0 Å². The van der Waals surface area contributed by atoms with Gasteiger partial charge in [-0.2, -0.15) is 0 Å². The van der Waals surface area contributed by atoms with Crippen molar-refractivity contribution in [1.29, 1.82) is 0 Å². The van der Waals surface area contributed by atoms with Gasteiger partial charge in [-0.25, -0.2) is 0 Å². The fraction of sp³-hybridized carbons (Fsp3) is 0.583. The van der Waals surface area contributed by atoms with Gasteiger partial charge in [-0.3, -0.25) is 4.98 Å². The number of aliphatic hydroxyl groups is 1. The molecule has 0 saturated carbocycles. The SMILES string of the molecule is NCc1ncccc1N1CCCCC1CO. The van der Waals surface area contributed by atoms with Crippen molar-refractivity contribution < 1.29 is 5.11 Å². The number of nitrogens with two attached hydrogens (primary N) is 1. The molecule has 1 fully saturated rings. The topological polar surface area (TPSA) is 62.4 Å². The van der Waals surface area contributed by atoms with Crippen molar-refractivity contribution in [2.45, 2.75) is 31.8 Å². The third-order valence-corrected chi connectivity index (χ3v) is 3.21. The fourth-order valence-electron chi connectivity index (χ4n) is 2.36. The van der Waals surface area contributed by atoms with E-state index >= 15 is 0 Å². The van der Waals surface area contributed by atoms with Gasteiger partial charge in [0.05, 0.1) is 24.0 Å². The first-order valence-electron chi connectivity index (χ1n) is 5.88. The highest BCUT2D eigenvalue weighted by atomic mass is 16.3. The molecule has 1 atom stereocenters. The monoisotopic (exact) mass is 221 g/mol. The first-order chi connectivity index (χ1) is 7.86. The number of aromatic nitrogens is 1. The van der Waals surface area contributed by atoms with Gasteiger partial charge in [0.15, 0.2) is 0 Å². The summed E-state index contributed by atoms with van der Waals surface area (Å²) in [7, 11) is 0. The number of pyridine rings is 1. The maximum atomic E-state index is 9.39. The summed E-state index contributed by atoms with van der Waals surface area (Å²) >= 11 is 0. The Hall–Kier alpha value is -1.13. The Labute approximate surface area is 96.1 Å².